The molecule has 1 aromatic heterocycles. The van der Waals surface area contributed by atoms with Crippen LogP contribution in [0.25, 0.3) is 11.4 Å². The predicted octanol–water partition coefficient (Wildman–Crippen LogP) is 4.73. The Bertz CT molecular complexity index is 1050. The summed E-state index contributed by atoms with van der Waals surface area (Å²) < 4.78 is 55.0. The molecule has 0 aliphatic rings. The van der Waals surface area contributed by atoms with Gasteiger partial charge in [0.05, 0.1) is 25.0 Å². The molecule has 10 heteroatoms. The maximum absolute atomic E-state index is 13.0. The van der Waals surface area contributed by atoms with E-state index in [1.54, 1.807) is 18.2 Å². The molecular weight excluding hydrogens is 415 g/mol. The molecule has 0 aliphatic carbocycles. The average Bonchev–Trinajstić information content (AvgIpc) is 3.21. The molecule has 3 rings (SSSR count). The van der Waals surface area contributed by atoms with E-state index in [1.807, 2.05) is 6.92 Å². The molecule has 0 aliphatic heterocycles. The molecule has 0 spiro atoms. The van der Waals surface area contributed by atoms with Gasteiger partial charge in [0.1, 0.15) is 0 Å². The summed E-state index contributed by atoms with van der Waals surface area (Å²) in [4.78, 5) is 16.4. The molecular formula is C21H20F3N3O4. The maximum atomic E-state index is 13.0. The van der Waals surface area contributed by atoms with Gasteiger partial charge in [0.2, 0.25) is 17.6 Å². The lowest BCUT2D eigenvalue weighted by molar-refractivity contribution is -0.137. The zero-order chi connectivity index (χ0) is 22.4. The Hall–Kier alpha value is -3.56. The molecule has 7 nitrogen and oxygen atoms in total. The highest BCUT2D eigenvalue weighted by molar-refractivity contribution is 5.91. The number of carbonyl (C=O) groups is 1. The number of aromatic nitrogens is 2. The zero-order valence-corrected chi connectivity index (χ0v) is 16.8. The van der Waals surface area contributed by atoms with E-state index in [1.165, 1.54) is 25.3 Å². The van der Waals surface area contributed by atoms with Crippen molar-refractivity contribution < 1.29 is 32.0 Å². The van der Waals surface area contributed by atoms with Crippen LogP contribution >= 0.6 is 0 Å². The number of aryl methyl sites for hydroxylation is 1. The number of rotatable bonds is 8. The van der Waals surface area contributed by atoms with Crippen LogP contribution in [0.4, 0.5) is 18.9 Å². The molecule has 0 bridgehead atoms. The molecule has 0 radical (unpaired) electrons. The second-order valence-corrected chi connectivity index (χ2v) is 6.40. The van der Waals surface area contributed by atoms with Crippen molar-refractivity contribution in [3.8, 4) is 22.9 Å². The van der Waals surface area contributed by atoms with Crippen LogP contribution in [0.5, 0.6) is 11.5 Å². The molecule has 0 saturated heterocycles. The highest BCUT2D eigenvalue weighted by atomic mass is 19.4. The lowest BCUT2D eigenvalue weighted by atomic mass is 10.1. The topological polar surface area (TPSA) is 86.5 Å². The Labute approximate surface area is 176 Å². The molecule has 3 aromatic rings. The van der Waals surface area contributed by atoms with E-state index in [9.17, 15) is 18.0 Å². The number of hydrogen-bond acceptors (Lipinski definition) is 6. The van der Waals surface area contributed by atoms with Crippen LogP contribution in [0.1, 0.15) is 24.8 Å². The lowest BCUT2D eigenvalue weighted by Crippen LogP contribution is -2.16. The van der Waals surface area contributed by atoms with Crippen molar-refractivity contribution in [2.24, 2.45) is 0 Å². The summed E-state index contributed by atoms with van der Waals surface area (Å²) in [5.74, 6) is 0.960. The summed E-state index contributed by atoms with van der Waals surface area (Å²) in [6.45, 7) is 2.34. The van der Waals surface area contributed by atoms with Crippen LogP contribution in [-0.2, 0) is 17.4 Å². The SMILES string of the molecule is CCOc1ccc(-c2noc(CCC(=O)Nc3ccccc3C(F)(F)F)n2)cc1OC. The number of para-hydroxylation sites is 1. The molecule has 0 fully saturated rings. The van der Waals surface area contributed by atoms with Crippen LogP contribution < -0.4 is 14.8 Å². The summed E-state index contributed by atoms with van der Waals surface area (Å²) in [7, 11) is 1.51. The van der Waals surface area contributed by atoms with Crippen LogP contribution in [0.2, 0.25) is 0 Å². The minimum absolute atomic E-state index is 0.0706. The number of ether oxygens (including phenoxy) is 2. The van der Waals surface area contributed by atoms with Crippen molar-refractivity contribution >= 4 is 11.6 Å². The lowest BCUT2D eigenvalue weighted by Gasteiger charge is -2.13. The number of halogens is 3. The highest BCUT2D eigenvalue weighted by Crippen LogP contribution is 2.35. The quantitative estimate of drug-likeness (QED) is 0.550. The van der Waals surface area contributed by atoms with E-state index >= 15 is 0 Å². The third-order valence-corrected chi connectivity index (χ3v) is 4.26. The molecule has 0 unspecified atom stereocenters. The fraction of sp³-hybridized carbons (Fsp3) is 0.286. The van der Waals surface area contributed by atoms with Crippen molar-refractivity contribution in [3.05, 3.63) is 53.9 Å². The molecule has 1 heterocycles. The van der Waals surface area contributed by atoms with Crippen molar-refractivity contribution in [1.29, 1.82) is 0 Å². The van der Waals surface area contributed by atoms with Gasteiger partial charge in [0.25, 0.3) is 0 Å². The van der Waals surface area contributed by atoms with Crippen molar-refractivity contribution in [1.82, 2.24) is 10.1 Å². The van der Waals surface area contributed by atoms with Gasteiger partial charge in [-0.15, -0.1) is 0 Å². The Morgan fingerprint density at radius 2 is 1.94 bits per heavy atom. The first-order valence-corrected chi connectivity index (χ1v) is 9.41. The fourth-order valence-corrected chi connectivity index (χ4v) is 2.83. The summed E-state index contributed by atoms with van der Waals surface area (Å²) in [6, 6.07) is 9.94. The number of methoxy groups -OCH3 is 1. The van der Waals surface area contributed by atoms with E-state index in [0.717, 1.165) is 6.07 Å². The third kappa shape index (κ3) is 5.53. The van der Waals surface area contributed by atoms with Gasteiger partial charge in [-0.3, -0.25) is 4.79 Å². The molecule has 1 N–H and O–H groups in total. The average molecular weight is 435 g/mol. The molecule has 0 saturated carbocycles. The molecule has 1 amide bonds. The normalized spacial score (nSPS) is 11.3. The number of anilines is 1. The Morgan fingerprint density at radius 1 is 1.16 bits per heavy atom. The van der Waals surface area contributed by atoms with Gasteiger partial charge in [-0.2, -0.15) is 18.2 Å². The van der Waals surface area contributed by atoms with Crippen LogP contribution in [0.3, 0.4) is 0 Å². The van der Waals surface area contributed by atoms with E-state index in [-0.39, 0.29) is 24.4 Å². The van der Waals surface area contributed by atoms with Gasteiger partial charge >= 0.3 is 6.18 Å². The largest absolute Gasteiger partial charge is 0.493 e. The zero-order valence-electron chi connectivity index (χ0n) is 16.8. The minimum atomic E-state index is -4.57. The number of carbonyl (C=O) groups excluding carboxylic acids is 1. The molecule has 2 aromatic carbocycles. The second-order valence-electron chi connectivity index (χ2n) is 6.40. The van der Waals surface area contributed by atoms with Crippen molar-refractivity contribution in [3.63, 3.8) is 0 Å². The molecule has 164 valence electrons. The van der Waals surface area contributed by atoms with Crippen LogP contribution in [0.15, 0.2) is 47.0 Å². The summed E-state index contributed by atoms with van der Waals surface area (Å²) in [5, 5.41) is 6.16. The number of nitrogens with zero attached hydrogens (tertiary/aromatic N) is 2. The van der Waals surface area contributed by atoms with E-state index in [0.29, 0.717) is 29.5 Å². The highest BCUT2D eigenvalue weighted by Gasteiger charge is 2.33. The number of benzene rings is 2. The maximum Gasteiger partial charge on any atom is 0.418 e. The predicted molar refractivity (Wildman–Crippen MR) is 106 cm³/mol. The van der Waals surface area contributed by atoms with E-state index in [4.69, 9.17) is 14.0 Å². The Kier molecular flexibility index (Phi) is 6.78. The third-order valence-electron chi connectivity index (χ3n) is 4.26. The van der Waals surface area contributed by atoms with E-state index in [2.05, 4.69) is 15.5 Å². The molecule has 31 heavy (non-hydrogen) atoms. The first kappa shape index (κ1) is 22.1. The summed E-state index contributed by atoms with van der Waals surface area (Å²) >= 11 is 0. The summed E-state index contributed by atoms with van der Waals surface area (Å²) in [6.07, 6.45) is -4.62. The van der Waals surface area contributed by atoms with E-state index < -0.39 is 17.6 Å². The van der Waals surface area contributed by atoms with Gasteiger partial charge in [0.15, 0.2) is 11.5 Å². The van der Waals surface area contributed by atoms with Gasteiger partial charge in [-0.1, -0.05) is 17.3 Å². The number of alkyl halides is 3. The first-order valence-electron chi connectivity index (χ1n) is 9.41. The Balaban J connectivity index is 1.64. The number of amides is 1. The smallest absolute Gasteiger partial charge is 0.418 e. The standard InChI is InChI=1S/C21H20F3N3O4/c1-3-30-16-9-8-13(12-17(16)29-2)20-26-19(31-27-20)11-10-18(28)25-15-7-5-4-6-14(15)21(22,23)24/h4-9,12H,3,10-11H2,1-2H3,(H,25,28). The molecule has 0 atom stereocenters. The monoisotopic (exact) mass is 435 g/mol. The number of nitrogens with one attached hydrogen (secondary N) is 1. The minimum Gasteiger partial charge on any atom is -0.493 e. The van der Waals surface area contributed by atoms with Gasteiger partial charge in [-0.25, -0.2) is 0 Å². The van der Waals surface area contributed by atoms with Crippen LogP contribution in [-0.4, -0.2) is 29.8 Å². The van der Waals surface area contributed by atoms with Gasteiger partial charge in [0, 0.05) is 18.4 Å². The summed E-state index contributed by atoms with van der Waals surface area (Å²) in [5.41, 5.74) is -0.584. The first-order chi connectivity index (χ1) is 14.8. The Morgan fingerprint density at radius 3 is 2.65 bits per heavy atom. The number of hydrogen-bond donors (Lipinski definition) is 1. The van der Waals surface area contributed by atoms with Crippen molar-refractivity contribution in [2.75, 3.05) is 19.0 Å². The van der Waals surface area contributed by atoms with Gasteiger partial charge in [-0.05, 0) is 37.3 Å². The second kappa shape index (κ2) is 9.50. The van der Waals surface area contributed by atoms with Crippen LogP contribution in [0, 0.1) is 0 Å². The van der Waals surface area contributed by atoms with Gasteiger partial charge < -0.3 is 19.3 Å². The fourth-order valence-electron chi connectivity index (χ4n) is 2.83. The van der Waals surface area contributed by atoms with Crippen molar-refractivity contribution in [2.45, 2.75) is 25.9 Å².